The molecule has 1 aliphatic heterocycles. The van der Waals surface area contributed by atoms with Crippen LogP contribution in [0.4, 0.5) is 13.2 Å². The Labute approximate surface area is 155 Å². The van der Waals surface area contributed by atoms with Gasteiger partial charge >= 0.3 is 0 Å². The number of carbonyl (C=O) groups is 1. The van der Waals surface area contributed by atoms with E-state index in [2.05, 4.69) is 0 Å². The molecule has 1 aliphatic rings. The molecule has 1 fully saturated rings. The molecule has 2 aromatic carbocycles. The van der Waals surface area contributed by atoms with Gasteiger partial charge < -0.3 is 4.90 Å². The average molecular weight is 398 g/mol. The summed E-state index contributed by atoms with van der Waals surface area (Å²) in [4.78, 5) is 13.8. The van der Waals surface area contributed by atoms with Gasteiger partial charge in [0.1, 0.15) is 17.5 Å². The number of rotatable bonds is 3. The van der Waals surface area contributed by atoms with Gasteiger partial charge in [0.15, 0.2) is 0 Å². The maximum absolute atomic E-state index is 13.9. The van der Waals surface area contributed by atoms with Gasteiger partial charge in [-0.2, -0.15) is 4.31 Å². The number of hydrogen-bond acceptors (Lipinski definition) is 3. The van der Waals surface area contributed by atoms with Crippen molar-refractivity contribution in [1.82, 2.24) is 9.21 Å². The van der Waals surface area contributed by atoms with Gasteiger partial charge in [-0.05, 0) is 42.8 Å². The molecule has 0 bridgehead atoms. The topological polar surface area (TPSA) is 57.7 Å². The summed E-state index contributed by atoms with van der Waals surface area (Å²) in [6, 6.07) is 7.22. The molecule has 5 nitrogen and oxygen atoms in total. The third-order valence-corrected chi connectivity index (χ3v) is 6.27. The van der Waals surface area contributed by atoms with E-state index in [1.807, 2.05) is 0 Å². The molecule has 9 heteroatoms. The zero-order valence-electron chi connectivity index (χ0n) is 14.2. The summed E-state index contributed by atoms with van der Waals surface area (Å²) in [6.07, 6.45) is 0.356. The summed E-state index contributed by atoms with van der Waals surface area (Å²) >= 11 is 0. The molecule has 1 heterocycles. The van der Waals surface area contributed by atoms with Crippen molar-refractivity contribution in [3.8, 4) is 0 Å². The standard InChI is InChI=1S/C18H17F3N2O3S/c19-13-2-5-15(6-3-13)27(25,26)23-9-1-8-22(10-11-23)18(24)16-7-4-14(20)12-17(16)21/h2-7,12H,1,8-11H2. The van der Waals surface area contributed by atoms with Gasteiger partial charge in [0.25, 0.3) is 5.91 Å². The van der Waals surface area contributed by atoms with Crippen LogP contribution in [0.5, 0.6) is 0 Å². The highest BCUT2D eigenvalue weighted by Crippen LogP contribution is 2.19. The third kappa shape index (κ3) is 4.14. The highest BCUT2D eigenvalue weighted by Gasteiger charge is 2.29. The molecule has 1 amide bonds. The Balaban J connectivity index is 1.75. The number of amides is 1. The number of halogens is 3. The molecule has 0 unspecified atom stereocenters. The van der Waals surface area contributed by atoms with E-state index >= 15 is 0 Å². The van der Waals surface area contributed by atoms with Crippen LogP contribution < -0.4 is 0 Å². The first-order valence-electron chi connectivity index (χ1n) is 8.29. The molecule has 27 heavy (non-hydrogen) atoms. The van der Waals surface area contributed by atoms with Crippen molar-refractivity contribution in [2.75, 3.05) is 26.2 Å². The Kier molecular flexibility index (Phi) is 5.52. The number of hydrogen-bond donors (Lipinski definition) is 0. The fourth-order valence-electron chi connectivity index (χ4n) is 2.93. The Hall–Kier alpha value is -2.39. The fraction of sp³-hybridized carbons (Fsp3) is 0.278. The number of nitrogens with zero attached hydrogens (tertiary/aromatic N) is 2. The summed E-state index contributed by atoms with van der Waals surface area (Å²) in [5.41, 5.74) is -0.258. The molecule has 2 aromatic rings. The van der Waals surface area contributed by atoms with E-state index < -0.39 is 33.4 Å². The summed E-state index contributed by atoms with van der Waals surface area (Å²) in [6.45, 7) is 0.505. The molecule has 0 aromatic heterocycles. The van der Waals surface area contributed by atoms with Crippen molar-refractivity contribution in [3.05, 3.63) is 65.5 Å². The maximum Gasteiger partial charge on any atom is 0.256 e. The lowest BCUT2D eigenvalue weighted by Crippen LogP contribution is -2.37. The highest BCUT2D eigenvalue weighted by molar-refractivity contribution is 7.89. The smallest absolute Gasteiger partial charge is 0.256 e. The van der Waals surface area contributed by atoms with Crippen molar-refractivity contribution in [2.24, 2.45) is 0 Å². The second-order valence-electron chi connectivity index (χ2n) is 6.13. The number of carbonyl (C=O) groups excluding carboxylic acids is 1. The molecular formula is C18H17F3N2O3S. The number of sulfonamides is 1. The first kappa shape index (κ1) is 19.4. The summed E-state index contributed by atoms with van der Waals surface area (Å²) in [7, 11) is -3.82. The zero-order valence-corrected chi connectivity index (χ0v) is 15.1. The van der Waals surface area contributed by atoms with Crippen LogP contribution in [-0.4, -0.2) is 49.7 Å². The van der Waals surface area contributed by atoms with Gasteiger partial charge in [-0.1, -0.05) is 0 Å². The van der Waals surface area contributed by atoms with Crippen LogP contribution in [0.3, 0.4) is 0 Å². The monoisotopic (exact) mass is 398 g/mol. The Morgan fingerprint density at radius 2 is 1.52 bits per heavy atom. The molecule has 3 rings (SSSR count). The molecule has 0 aliphatic carbocycles. The minimum absolute atomic E-state index is 0.0221. The fourth-order valence-corrected chi connectivity index (χ4v) is 4.40. The predicted octanol–water partition coefficient (Wildman–Crippen LogP) is 2.64. The summed E-state index contributed by atoms with van der Waals surface area (Å²) in [5, 5.41) is 0. The largest absolute Gasteiger partial charge is 0.337 e. The Bertz CT molecular complexity index is 949. The predicted molar refractivity (Wildman–Crippen MR) is 92.0 cm³/mol. The summed E-state index contributed by atoms with van der Waals surface area (Å²) in [5.74, 6) is -2.90. The van der Waals surface area contributed by atoms with Gasteiger partial charge in [-0.15, -0.1) is 0 Å². The maximum atomic E-state index is 13.9. The first-order valence-corrected chi connectivity index (χ1v) is 9.73. The van der Waals surface area contributed by atoms with E-state index in [9.17, 15) is 26.4 Å². The Morgan fingerprint density at radius 1 is 0.852 bits per heavy atom. The second kappa shape index (κ2) is 7.69. The second-order valence-corrected chi connectivity index (χ2v) is 8.07. The molecular weight excluding hydrogens is 381 g/mol. The van der Waals surface area contributed by atoms with Crippen molar-refractivity contribution < 1.29 is 26.4 Å². The first-order chi connectivity index (χ1) is 12.8. The van der Waals surface area contributed by atoms with Gasteiger partial charge in [0.2, 0.25) is 10.0 Å². The third-order valence-electron chi connectivity index (χ3n) is 4.36. The quantitative estimate of drug-likeness (QED) is 0.799. The van der Waals surface area contributed by atoms with Crippen molar-refractivity contribution in [1.29, 1.82) is 0 Å². The molecule has 144 valence electrons. The van der Waals surface area contributed by atoms with Crippen molar-refractivity contribution >= 4 is 15.9 Å². The van der Waals surface area contributed by atoms with Crippen molar-refractivity contribution in [2.45, 2.75) is 11.3 Å². The lowest BCUT2D eigenvalue weighted by Gasteiger charge is -2.22. The van der Waals surface area contributed by atoms with Gasteiger partial charge in [-0.25, -0.2) is 21.6 Å². The van der Waals surface area contributed by atoms with Crippen LogP contribution >= 0.6 is 0 Å². The van der Waals surface area contributed by atoms with Gasteiger partial charge in [0, 0.05) is 32.2 Å². The van der Waals surface area contributed by atoms with Gasteiger partial charge in [0.05, 0.1) is 10.5 Å². The normalized spacial score (nSPS) is 16.2. The van der Waals surface area contributed by atoms with Crippen LogP contribution in [0.2, 0.25) is 0 Å². The summed E-state index contributed by atoms with van der Waals surface area (Å²) < 4.78 is 66.5. The molecule has 0 saturated carbocycles. The van der Waals surface area contributed by atoms with Gasteiger partial charge in [-0.3, -0.25) is 4.79 Å². The molecule has 0 spiro atoms. The van der Waals surface area contributed by atoms with E-state index in [-0.39, 0.29) is 36.6 Å². The van der Waals surface area contributed by atoms with E-state index in [1.54, 1.807) is 0 Å². The van der Waals surface area contributed by atoms with E-state index in [1.165, 1.54) is 21.3 Å². The van der Waals surface area contributed by atoms with E-state index in [0.29, 0.717) is 12.5 Å². The van der Waals surface area contributed by atoms with Crippen molar-refractivity contribution in [3.63, 3.8) is 0 Å². The minimum Gasteiger partial charge on any atom is -0.337 e. The van der Waals surface area contributed by atoms with E-state index in [4.69, 9.17) is 0 Å². The average Bonchev–Trinajstić information content (AvgIpc) is 2.88. The minimum atomic E-state index is -3.82. The molecule has 0 radical (unpaired) electrons. The zero-order chi connectivity index (χ0) is 19.6. The van der Waals surface area contributed by atoms with Crippen LogP contribution in [0.25, 0.3) is 0 Å². The van der Waals surface area contributed by atoms with Crippen LogP contribution in [0.15, 0.2) is 47.4 Å². The highest BCUT2D eigenvalue weighted by atomic mass is 32.2. The van der Waals surface area contributed by atoms with Crippen LogP contribution in [0.1, 0.15) is 16.8 Å². The molecule has 0 N–H and O–H groups in total. The van der Waals surface area contributed by atoms with Crippen LogP contribution in [0, 0.1) is 17.5 Å². The Morgan fingerprint density at radius 3 is 2.19 bits per heavy atom. The lowest BCUT2D eigenvalue weighted by atomic mass is 10.1. The molecule has 0 atom stereocenters. The van der Waals surface area contributed by atoms with Crippen LogP contribution in [-0.2, 0) is 10.0 Å². The number of benzene rings is 2. The SMILES string of the molecule is O=C(c1ccc(F)cc1F)N1CCCN(S(=O)(=O)c2ccc(F)cc2)CC1. The van der Waals surface area contributed by atoms with E-state index in [0.717, 1.165) is 24.3 Å². The lowest BCUT2D eigenvalue weighted by molar-refractivity contribution is 0.0759. The molecule has 1 saturated heterocycles.